The third-order valence-corrected chi connectivity index (χ3v) is 7.03. The van der Waals surface area contributed by atoms with Gasteiger partial charge >= 0.3 is 0 Å². The molecule has 0 bridgehead atoms. The van der Waals surface area contributed by atoms with Gasteiger partial charge in [0, 0.05) is 6.42 Å². The highest BCUT2D eigenvalue weighted by atomic mass is 16.3. The fraction of sp³-hybridized carbons (Fsp3) is 0.575. The smallest absolute Gasteiger partial charge is 0.220 e. The Hall–Kier alpha value is -2.69. The Morgan fingerprint density at radius 3 is 1.55 bits per heavy atom. The molecular formula is C40H65NO3. The monoisotopic (exact) mass is 607 g/mol. The van der Waals surface area contributed by atoms with Crippen molar-refractivity contribution in [3.63, 3.8) is 0 Å². The molecule has 0 spiro atoms. The number of allylic oxidation sites excluding steroid dienone is 15. The Kier molecular flexibility index (Phi) is 32.7. The van der Waals surface area contributed by atoms with E-state index in [4.69, 9.17) is 0 Å². The van der Waals surface area contributed by atoms with E-state index in [1.54, 1.807) is 6.08 Å². The van der Waals surface area contributed by atoms with Gasteiger partial charge in [-0.25, -0.2) is 0 Å². The molecule has 248 valence electrons. The van der Waals surface area contributed by atoms with Crippen molar-refractivity contribution >= 4 is 5.91 Å². The SMILES string of the molecule is CC/C=C\C/C=C\C/C=C\C/C=C\C/C=C\CCCCCC(=O)NC(CO)C(O)/C=C/CC/C=C/CC/C=C/CCCCC. The van der Waals surface area contributed by atoms with E-state index >= 15 is 0 Å². The van der Waals surface area contributed by atoms with Gasteiger partial charge in [0.1, 0.15) is 0 Å². The second-order valence-corrected chi connectivity index (χ2v) is 11.2. The first-order valence-electron chi connectivity index (χ1n) is 17.5. The summed E-state index contributed by atoms with van der Waals surface area (Å²) in [5.41, 5.74) is 0. The maximum absolute atomic E-state index is 12.3. The average molecular weight is 608 g/mol. The van der Waals surface area contributed by atoms with E-state index in [0.717, 1.165) is 83.5 Å². The van der Waals surface area contributed by atoms with E-state index in [2.05, 4.69) is 104 Å². The van der Waals surface area contributed by atoms with Crippen LogP contribution in [0.2, 0.25) is 0 Å². The zero-order valence-electron chi connectivity index (χ0n) is 28.1. The predicted molar refractivity (Wildman–Crippen MR) is 193 cm³/mol. The van der Waals surface area contributed by atoms with Gasteiger partial charge < -0.3 is 15.5 Å². The number of hydrogen-bond donors (Lipinski definition) is 3. The number of aliphatic hydroxyl groups is 2. The first-order chi connectivity index (χ1) is 21.7. The van der Waals surface area contributed by atoms with Gasteiger partial charge in [-0.15, -0.1) is 0 Å². The molecule has 0 rings (SSSR count). The average Bonchev–Trinajstić information content (AvgIpc) is 3.03. The number of carbonyl (C=O) groups excluding carboxylic acids is 1. The van der Waals surface area contributed by atoms with Crippen LogP contribution in [-0.2, 0) is 4.79 Å². The quantitative estimate of drug-likeness (QED) is 0.0585. The molecule has 4 heteroatoms. The van der Waals surface area contributed by atoms with E-state index in [1.807, 2.05) is 6.08 Å². The molecule has 3 N–H and O–H groups in total. The first-order valence-corrected chi connectivity index (χ1v) is 17.5. The van der Waals surface area contributed by atoms with Crippen molar-refractivity contribution < 1.29 is 15.0 Å². The molecule has 1 amide bonds. The van der Waals surface area contributed by atoms with E-state index in [-0.39, 0.29) is 12.5 Å². The zero-order chi connectivity index (χ0) is 32.2. The normalized spacial score (nSPS) is 14.4. The summed E-state index contributed by atoms with van der Waals surface area (Å²) in [5.74, 6) is -0.117. The zero-order valence-corrected chi connectivity index (χ0v) is 28.1. The van der Waals surface area contributed by atoms with Crippen LogP contribution in [-0.4, -0.2) is 34.9 Å². The Balaban J connectivity index is 3.84. The second-order valence-electron chi connectivity index (χ2n) is 11.2. The Labute approximate surface area is 271 Å². The van der Waals surface area contributed by atoms with E-state index < -0.39 is 12.1 Å². The number of hydrogen-bond acceptors (Lipinski definition) is 3. The lowest BCUT2D eigenvalue weighted by Crippen LogP contribution is -2.45. The van der Waals surface area contributed by atoms with Crippen LogP contribution in [0.25, 0.3) is 0 Å². The molecule has 0 saturated heterocycles. The van der Waals surface area contributed by atoms with Gasteiger partial charge in [0.2, 0.25) is 5.91 Å². The summed E-state index contributed by atoms with van der Waals surface area (Å²) in [6.45, 7) is 4.10. The van der Waals surface area contributed by atoms with Crippen LogP contribution in [0.3, 0.4) is 0 Å². The van der Waals surface area contributed by atoms with Crippen LogP contribution < -0.4 is 5.32 Å². The fourth-order valence-corrected chi connectivity index (χ4v) is 4.35. The van der Waals surface area contributed by atoms with Gasteiger partial charge in [-0.2, -0.15) is 0 Å². The van der Waals surface area contributed by atoms with Crippen LogP contribution in [0.15, 0.2) is 97.2 Å². The number of rotatable bonds is 29. The van der Waals surface area contributed by atoms with Gasteiger partial charge in [-0.1, -0.05) is 130 Å². The van der Waals surface area contributed by atoms with Crippen molar-refractivity contribution in [3.8, 4) is 0 Å². The summed E-state index contributed by atoms with van der Waals surface area (Å²) in [4.78, 5) is 12.3. The van der Waals surface area contributed by atoms with Gasteiger partial charge in [0.15, 0.2) is 0 Å². The van der Waals surface area contributed by atoms with Crippen LogP contribution in [0.1, 0.15) is 129 Å². The lowest BCUT2D eigenvalue weighted by atomic mass is 10.1. The maximum Gasteiger partial charge on any atom is 0.220 e. The molecule has 0 aliphatic rings. The lowest BCUT2D eigenvalue weighted by molar-refractivity contribution is -0.123. The van der Waals surface area contributed by atoms with Crippen LogP contribution in [0.5, 0.6) is 0 Å². The van der Waals surface area contributed by atoms with Crippen molar-refractivity contribution in [3.05, 3.63) is 97.2 Å². The molecule has 0 aliphatic heterocycles. The van der Waals surface area contributed by atoms with Gasteiger partial charge in [0.05, 0.1) is 18.8 Å². The van der Waals surface area contributed by atoms with Gasteiger partial charge in [0.25, 0.3) is 0 Å². The molecule has 0 radical (unpaired) electrons. The molecule has 0 fully saturated rings. The molecule has 0 aromatic rings. The fourth-order valence-electron chi connectivity index (χ4n) is 4.35. The Morgan fingerprint density at radius 1 is 0.568 bits per heavy atom. The molecular weight excluding hydrogens is 542 g/mol. The van der Waals surface area contributed by atoms with Crippen molar-refractivity contribution in [1.29, 1.82) is 0 Å². The third-order valence-electron chi connectivity index (χ3n) is 7.03. The summed E-state index contributed by atoms with van der Waals surface area (Å²) in [5, 5.41) is 22.8. The largest absolute Gasteiger partial charge is 0.394 e. The molecule has 0 aliphatic carbocycles. The molecule has 0 saturated carbocycles. The lowest BCUT2D eigenvalue weighted by Gasteiger charge is -2.19. The molecule has 44 heavy (non-hydrogen) atoms. The number of aliphatic hydroxyl groups excluding tert-OH is 2. The maximum atomic E-state index is 12.3. The summed E-state index contributed by atoms with van der Waals surface area (Å²) in [6, 6.07) is -0.667. The Morgan fingerprint density at radius 2 is 1.02 bits per heavy atom. The number of amides is 1. The van der Waals surface area contributed by atoms with Gasteiger partial charge in [-0.3, -0.25) is 4.79 Å². The molecule has 0 heterocycles. The van der Waals surface area contributed by atoms with Crippen molar-refractivity contribution in [2.45, 2.75) is 142 Å². The van der Waals surface area contributed by atoms with Crippen molar-refractivity contribution in [1.82, 2.24) is 5.32 Å². The standard InChI is InChI=1S/C40H65NO3/c1-3-5-7-9-11-13-15-17-18-19-20-21-22-24-26-28-30-32-34-36-40(44)41-38(37-42)39(43)35-33-31-29-27-25-23-16-14-12-10-8-6-4-2/h5,7,11-14,17-18,20-21,24-27,33,35,38-39,42-43H,3-4,6,8-10,15-16,19,22-23,28-32,34,36-37H2,1-2H3,(H,41,44)/b7-5-,13-11-,14-12+,18-17-,21-20-,26-24-,27-25+,35-33+. The van der Waals surface area contributed by atoms with Gasteiger partial charge in [-0.05, 0) is 89.9 Å². The number of unbranched alkanes of at least 4 members (excludes halogenated alkanes) is 8. The minimum Gasteiger partial charge on any atom is -0.394 e. The number of nitrogens with one attached hydrogen (secondary N) is 1. The summed E-state index contributed by atoms with van der Waals surface area (Å²) < 4.78 is 0. The van der Waals surface area contributed by atoms with Crippen molar-refractivity contribution in [2.75, 3.05) is 6.61 Å². The predicted octanol–water partition coefficient (Wildman–Crippen LogP) is 10.3. The minimum absolute atomic E-state index is 0.117. The molecule has 2 unspecified atom stereocenters. The van der Waals surface area contributed by atoms with Crippen LogP contribution >= 0.6 is 0 Å². The third kappa shape index (κ3) is 30.8. The Bertz CT molecular complexity index is 875. The van der Waals surface area contributed by atoms with E-state index in [9.17, 15) is 15.0 Å². The highest BCUT2D eigenvalue weighted by molar-refractivity contribution is 5.76. The highest BCUT2D eigenvalue weighted by Crippen LogP contribution is 2.07. The van der Waals surface area contributed by atoms with E-state index in [1.165, 1.54) is 25.7 Å². The van der Waals surface area contributed by atoms with Crippen LogP contribution in [0.4, 0.5) is 0 Å². The van der Waals surface area contributed by atoms with E-state index in [0.29, 0.717) is 6.42 Å². The first kappa shape index (κ1) is 41.3. The summed E-state index contributed by atoms with van der Waals surface area (Å²) in [6.07, 6.45) is 52.0. The summed E-state index contributed by atoms with van der Waals surface area (Å²) in [7, 11) is 0. The summed E-state index contributed by atoms with van der Waals surface area (Å²) >= 11 is 0. The topological polar surface area (TPSA) is 69.6 Å². The van der Waals surface area contributed by atoms with Crippen molar-refractivity contribution in [2.24, 2.45) is 0 Å². The molecule has 0 aromatic heterocycles. The molecule has 2 atom stereocenters. The highest BCUT2D eigenvalue weighted by Gasteiger charge is 2.17. The molecule has 0 aromatic carbocycles. The minimum atomic E-state index is -0.888. The number of carbonyl (C=O) groups is 1. The molecule has 4 nitrogen and oxygen atoms in total. The van der Waals surface area contributed by atoms with Crippen LogP contribution in [0, 0.1) is 0 Å². The second kappa shape index (κ2) is 34.8.